The number of para-hydroxylation sites is 1. The van der Waals surface area contributed by atoms with Crippen LogP contribution in [0.4, 0.5) is 0 Å². The zero-order valence-corrected chi connectivity index (χ0v) is 11.7. The molecule has 3 nitrogen and oxygen atoms in total. The molecule has 1 rings (SSSR count). The lowest BCUT2D eigenvalue weighted by molar-refractivity contribution is 0.221. The highest BCUT2D eigenvalue weighted by atomic mass is 16.5. The van der Waals surface area contributed by atoms with Crippen LogP contribution in [0.5, 0.6) is 5.75 Å². The van der Waals surface area contributed by atoms with E-state index >= 15 is 0 Å². The normalized spacial score (nSPS) is 10.9. The summed E-state index contributed by atoms with van der Waals surface area (Å²) in [6.45, 7) is 8.98. The summed E-state index contributed by atoms with van der Waals surface area (Å²) in [6.07, 6.45) is 2.01. The summed E-state index contributed by atoms with van der Waals surface area (Å²) in [7, 11) is 0. The van der Waals surface area contributed by atoms with Crippen LogP contribution in [0.3, 0.4) is 0 Å². The van der Waals surface area contributed by atoms with Gasteiger partial charge in [0.15, 0.2) is 0 Å². The second-order valence-corrected chi connectivity index (χ2v) is 4.38. The first kappa shape index (κ1) is 15.0. The number of likely N-dealkylation sites (N-methyl/N-ethyl adjacent to an activating group) is 1. The number of rotatable bonds is 9. The van der Waals surface area contributed by atoms with E-state index in [1.54, 1.807) is 0 Å². The van der Waals surface area contributed by atoms with E-state index in [0.29, 0.717) is 0 Å². The molecule has 0 aromatic heterocycles. The fourth-order valence-corrected chi connectivity index (χ4v) is 1.97. The molecule has 1 aromatic rings. The number of hydrogen-bond acceptors (Lipinski definition) is 3. The summed E-state index contributed by atoms with van der Waals surface area (Å²) in [5.41, 5.74) is 6.82. The molecule has 0 spiro atoms. The molecule has 0 fully saturated rings. The highest BCUT2D eigenvalue weighted by Gasteiger charge is 2.04. The molecule has 0 aliphatic rings. The Hall–Kier alpha value is -1.06. The van der Waals surface area contributed by atoms with Crippen LogP contribution in [0.2, 0.25) is 0 Å². The van der Waals surface area contributed by atoms with Gasteiger partial charge in [-0.3, -0.25) is 0 Å². The first-order chi connectivity index (χ1) is 8.81. The quantitative estimate of drug-likeness (QED) is 0.731. The summed E-state index contributed by atoms with van der Waals surface area (Å²) >= 11 is 0. The minimum atomic E-state index is 0.730. The van der Waals surface area contributed by atoms with Gasteiger partial charge in [0.25, 0.3) is 0 Å². The molecule has 0 aliphatic heterocycles. The van der Waals surface area contributed by atoms with Crippen molar-refractivity contribution in [3.05, 3.63) is 29.8 Å². The van der Waals surface area contributed by atoms with Gasteiger partial charge in [0.2, 0.25) is 0 Å². The number of benzene rings is 1. The summed E-state index contributed by atoms with van der Waals surface area (Å²) in [6, 6.07) is 8.26. The predicted octanol–water partition coefficient (Wildman–Crippen LogP) is 2.30. The number of ether oxygens (including phenoxy) is 1. The van der Waals surface area contributed by atoms with Crippen molar-refractivity contribution in [3.8, 4) is 5.75 Å². The van der Waals surface area contributed by atoms with Gasteiger partial charge >= 0.3 is 0 Å². The minimum Gasteiger partial charge on any atom is -0.492 e. The standard InChI is InChI=1S/C15H26N2O/c1-3-17(4-2)12-13-18-15-10-6-5-8-14(15)9-7-11-16/h5-6,8,10H,3-4,7,9,11-13,16H2,1-2H3. The van der Waals surface area contributed by atoms with Gasteiger partial charge in [0, 0.05) is 6.54 Å². The molecule has 0 heterocycles. The Morgan fingerprint density at radius 3 is 2.56 bits per heavy atom. The third kappa shape index (κ3) is 5.07. The Morgan fingerprint density at radius 1 is 1.17 bits per heavy atom. The third-order valence-corrected chi connectivity index (χ3v) is 3.18. The van der Waals surface area contributed by atoms with Gasteiger partial charge in [-0.15, -0.1) is 0 Å². The molecule has 0 radical (unpaired) electrons. The van der Waals surface area contributed by atoms with E-state index in [0.717, 1.165) is 51.4 Å². The second kappa shape index (κ2) is 8.95. The monoisotopic (exact) mass is 250 g/mol. The lowest BCUT2D eigenvalue weighted by Gasteiger charge is -2.19. The van der Waals surface area contributed by atoms with Crippen molar-refractivity contribution in [2.45, 2.75) is 26.7 Å². The minimum absolute atomic E-state index is 0.730. The van der Waals surface area contributed by atoms with Gasteiger partial charge in [-0.2, -0.15) is 0 Å². The molecule has 0 saturated carbocycles. The molecule has 1 aromatic carbocycles. The maximum absolute atomic E-state index is 5.89. The number of hydrogen-bond donors (Lipinski definition) is 1. The molecule has 0 amide bonds. The van der Waals surface area contributed by atoms with Crippen molar-refractivity contribution < 1.29 is 4.74 Å². The van der Waals surface area contributed by atoms with Crippen LogP contribution in [0, 0.1) is 0 Å². The molecule has 0 bridgehead atoms. The second-order valence-electron chi connectivity index (χ2n) is 4.38. The summed E-state index contributed by atoms with van der Waals surface area (Å²) in [5, 5.41) is 0. The van der Waals surface area contributed by atoms with E-state index in [1.165, 1.54) is 5.56 Å². The van der Waals surface area contributed by atoms with Crippen LogP contribution in [-0.2, 0) is 6.42 Å². The molecular formula is C15H26N2O. The Balaban J connectivity index is 2.45. The van der Waals surface area contributed by atoms with E-state index in [4.69, 9.17) is 10.5 Å². The van der Waals surface area contributed by atoms with E-state index < -0.39 is 0 Å². The largest absolute Gasteiger partial charge is 0.492 e. The fraction of sp³-hybridized carbons (Fsp3) is 0.600. The fourth-order valence-electron chi connectivity index (χ4n) is 1.97. The first-order valence-electron chi connectivity index (χ1n) is 6.94. The molecule has 0 aliphatic carbocycles. The van der Waals surface area contributed by atoms with E-state index in [2.05, 4.69) is 30.9 Å². The zero-order chi connectivity index (χ0) is 13.2. The average Bonchev–Trinajstić information content (AvgIpc) is 2.42. The first-order valence-corrected chi connectivity index (χ1v) is 6.94. The molecule has 102 valence electrons. The Morgan fingerprint density at radius 2 is 1.89 bits per heavy atom. The summed E-state index contributed by atoms with van der Waals surface area (Å²) in [4.78, 5) is 2.36. The molecule has 0 atom stereocenters. The van der Waals surface area contributed by atoms with Gasteiger partial charge in [0.1, 0.15) is 12.4 Å². The summed E-state index contributed by atoms with van der Waals surface area (Å²) < 4.78 is 5.89. The van der Waals surface area contributed by atoms with Gasteiger partial charge in [0.05, 0.1) is 0 Å². The van der Waals surface area contributed by atoms with Gasteiger partial charge in [-0.25, -0.2) is 0 Å². The maximum Gasteiger partial charge on any atom is 0.122 e. The van der Waals surface area contributed by atoms with Crippen molar-refractivity contribution in [2.75, 3.05) is 32.8 Å². The van der Waals surface area contributed by atoms with Crippen LogP contribution in [0.25, 0.3) is 0 Å². The van der Waals surface area contributed by atoms with Gasteiger partial charge in [-0.05, 0) is 44.1 Å². The van der Waals surface area contributed by atoms with Gasteiger partial charge < -0.3 is 15.4 Å². The smallest absolute Gasteiger partial charge is 0.122 e. The summed E-state index contributed by atoms with van der Waals surface area (Å²) in [5.74, 6) is 1.01. The lowest BCUT2D eigenvalue weighted by Crippen LogP contribution is -2.28. The molecule has 18 heavy (non-hydrogen) atoms. The molecule has 2 N–H and O–H groups in total. The van der Waals surface area contributed by atoms with E-state index in [-0.39, 0.29) is 0 Å². The molecule has 3 heteroatoms. The SMILES string of the molecule is CCN(CC)CCOc1ccccc1CCCN. The van der Waals surface area contributed by atoms with Crippen LogP contribution >= 0.6 is 0 Å². The van der Waals surface area contributed by atoms with Crippen molar-refractivity contribution in [1.82, 2.24) is 4.90 Å². The third-order valence-electron chi connectivity index (χ3n) is 3.18. The van der Waals surface area contributed by atoms with Crippen LogP contribution in [-0.4, -0.2) is 37.7 Å². The van der Waals surface area contributed by atoms with Crippen molar-refractivity contribution in [3.63, 3.8) is 0 Å². The lowest BCUT2D eigenvalue weighted by atomic mass is 10.1. The Labute approximate surface area is 111 Å². The van der Waals surface area contributed by atoms with Gasteiger partial charge in [-0.1, -0.05) is 32.0 Å². The topological polar surface area (TPSA) is 38.5 Å². The molecule has 0 saturated heterocycles. The number of nitrogens with two attached hydrogens (primary N) is 1. The van der Waals surface area contributed by atoms with E-state index in [1.807, 2.05) is 12.1 Å². The highest BCUT2D eigenvalue weighted by Crippen LogP contribution is 2.19. The van der Waals surface area contributed by atoms with Crippen LogP contribution in [0.15, 0.2) is 24.3 Å². The zero-order valence-electron chi connectivity index (χ0n) is 11.7. The van der Waals surface area contributed by atoms with Crippen LogP contribution in [0.1, 0.15) is 25.8 Å². The maximum atomic E-state index is 5.89. The van der Waals surface area contributed by atoms with Crippen LogP contribution < -0.4 is 10.5 Å². The molecular weight excluding hydrogens is 224 g/mol. The number of nitrogens with zero attached hydrogens (tertiary/aromatic N) is 1. The van der Waals surface area contributed by atoms with Crippen molar-refractivity contribution in [2.24, 2.45) is 5.73 Å². The highest BCUT2D eigenvalue weighted by molar-refractivity contribution is 5.33. The Bertz CT molecular complexity index is 324. The average molecular weight is 250 g/mol. The predicted molar refractivity (Wildman–Crippen MR) is 77.1 cm³/mol. The van der Waals surface area contributed by atoms with Crippen molar-refractivity contribution in [1.29, 1.82) is 0 Å². The van der Waals surface area contributed by atoms with E-state index in [9.17, 15) is 0 Å². The van der Waals surface area contributed by atoms with Crippen molar-refractivity contribution >= 4 is 0 Å². The Kier molecular flexibility index (Phi) is 7.46. The number of aryl methyl sites for hydroxylation is 1. The molecule has 0 unspecified atom stereocenters.